The van der Waals surface area contributed by atoms with Gasteiger partial charge >= 0.3 is 0 Å². The second-order valence-electron chi connectivity index (χ2n) is 2.57. The van der Waals surface area contributed by atoms with Crippen LogP contribution in [0.15, 0.2) is 27.7 Å². The highest BCUT2D eigenvalue weighted by atomic mass is 79.9. The van der Waals surface area contributed by atoms with Gasteiger partial charge in [0.25, 0.3) is 0 Å². The van der Waals surface area contributed by atoms with Gasteiger partial charge in [0.1, 0.15) is 5.75 Å². The first-order valence-electron chi connectivity index (χ1n) is 3.78. The van der Waals surface area contributed by atoms with Gasteiger partial charge in [0.15, 0.2) is 0 Å². The molecule has 0 aliphatic heterocycles. The van der Waals surface area contributed by atoms with E-state index in [0.717, 1.165) is 15.9 Å². The lowest BCUT2D eigenvalue weighted by Gasteiger charge is -2.03. The predicted octanol–water partition coefficient (Wildman–Crippen LogP) is 2.47. The Labute approximate surface area is 85.7 Å². The number of hydrogen-bond acceptors (Lipinski definition) is 2. The van der Waals surface area contributed by atoms with Gasteiger partial charge in [0, 0.05) is 10.5 Å². The van der Waals surface area contributed by atoms with E-state index in [-0.39, 0.29) is 0 Å². The second kappa shape index (κ2) is 4.28. The number of aliphatic imine (C=N–C) groups is 1. The van der Waals surface area contributed by atoms with E-state index in [9.17, 15) is 0 Å². The highest BCUT2D eigenvalue weighted by Crippen LogP contribution is 2.29. The number of amidine groups is 1. The average Bonchev–Trinajstić information content (AvgIpc) is 2.08. The zero-order chi connectivity index (χ0) is 9.84. The normalized spacial score (nSPS) is 11.5. The van der Waals surface area contributed by atoms with E-state index in [1.165, 1.54) is 0 Å². The van der Waals surface area contributed by atoms with E-state index in [2.05, 4.69) is 20.9 Å². The number of hydrogen-bond donors (Lipinski definition) is 1. The van der Waals surface area contributed by atoms with Crippen molar-refractivity contribution in [3.05, 3.63) is 22.7 Å². The van der Waals surface area contributed by atoms with E-state index >= 15 is 0 Å². The van der Waals surface area contributed by atoms with Crippen molar-refractivity contribution < 1.29 is 4.74 Å². The number of ether oxygens (including phenoxy) is 1. The molecule has 1 aromatic carbocycles. The summed E-state index contributed by atoms with van der Waals surface area (Å²) in [4.78, 5) is 4.14. The molecule has 1 aromatic rings. The van der Waals surface area contributed by atoms with Gasteiger partial charge in [0.05, 0.1) is 18.6 Å². The van der Waals surface area contributed by atoms with Crippen molar-refractivity contribution in [3.8, 4) is 5.75 Å². The predicted molar refractivity (Wildman–Crippen MR) is 57.7 cm³/mol. The summed E-state index contributed by atoms with van der Waals surface area (Å²) in [7, 11) is 1.62. The van der Waals surface area contributed by atoms with Gasteiger partial charge in [-0.25, -0.2) is 4.99 Å². The topological polar surface area (TPSA) is 47.6 Å². The Hall–Kier alpha value is -1.03. The standard InChI is InChI=1S/C9H11BrN2O/c1-6(11)12-9-5-7(13-2)3-4-8(9)10/h3-5H,1-2H3,(H2,11,12). The van der Waals surface area contributed by atoms with Crippen LogP contribution in [0.25, 0.3) is 0 Å². The molecule has 0 fully saturated rings. The van der Waals surface area contributed by atoms with Gasteiger partial charge in [-0.15, -0.1) is 0 Å². The summed E-state index contributed by atoms with van der Waals surface area (Å²) in [6.45, 7) is 1.74. The number of nitrogens with two attached hydrogens (primary N) is 1. The molecule has 0 saturated carbocycles. The molecule has 0 aliphatic rings. The molecule has 3 nitrogen and oxygen atoms in total. The number of nitrogens with zero attached hydrogens (tertiary/aromatic N) is 1. The lowest BCUT2D eigenvalue weighted by Crippen LogP contribution is -2.03. The lowest BCUT2D eigenvalue weighted by molar-refractivity contribution is 0.415. The van der Waals surface area contributed by atoms with Gasteiger partial charge in [-0.3, -0.25) is 0 Å². The zero-order valence-electron chi connectivity index (χ0n) is 7.54. The van der Waals surface area contributed by atoms with Crippen LogP contribution in [-0.2, 0) is 0 Å². The fraction of sp³-hybridized carbons (Fsp3) is 0.222. The highest BCUT2D eigenvalue weighted by molar-refractivity contribution is 9.10. The van der Waals surface area contributed by atoms with Crippen LogP contribution in [0.5, 0.6) is 5.75 Å². The number of methoxy groups -OCH3 is 1. The van der Waals surface area contributed by atoms with Gasteiger partial charge in [-0.05, 0) is 35.0 Å². The number of benzene rings is 1. The van der Waals surface area contributed by atoms with Crippen LogP contribution in [0.2, 0.25) is 0 Å². The highest BCUT2D eigenvalue weighted by Gasteiger charge is 1.99. The molecule has 0 heterocycles. The first kappa shape index (κ1) is 10.1. The third-order valence-corrected chi connectivity index (χ3v) is 2.12. The van der Waals surface area contributed by atoms with Crippen LogP contribution < -0.4 is 10.5 Å². The van der Waals surface area contributed by atoms with Crippen molar-refractivity contribution in [3.63, 3.8) is 0 Å². The van der Waals surface area contributed by atoms with Crippen LogP contribution in [0.1, 0.15) is 6.92 Å². The third kappa shape index (κ3) is 2.73. The Morgan fingerprint density at radius 3 is 2.77 bits per heavy atom. The van der Waals surface area contributed by atoms with Crippen molar-refractivity contribution in [2.75, 3.05) is 7.11 Å². The Bertz CT molecular complexity index is 332. The fourth-order valence-corrected chi connectivity index (χ4v) is 1.23. The molecule has 0 saturated heterocycles. The first-order valence-corrected chi connectivity index (χ1v) is 4.57. The average molecular weight is 243 g/mol. The van der Waals surface area contributed by atoms with E-state index in [1.807, 2.05) is 18.2 Å². The number of rotatable bonds is 2. The Balaban J connectivity index is 3.11. The van der Waals surface area contributed by atoms with Gasteiger partial charge in [0.2, 0.25) is 0 Å². The molecule has 0 atom stereocenters. The molecule has 0 spiro atoms. The molecule has 13 heavy (non-hydrogen) atoms. The van der Waals surface area contributed by atoms with Crippen molar-refractivity contribution in [2.45, 2.75) is 6.92 Å². The molecular formula is C9H11BrN2O. The van der Waals surface area contributed by atoms with Crippen LogP contribution in [0, 0.1) is 0 Å². The molecule has 0 aromatic heterocycles. The van der Waals surface area contributed by atoms with E-state index in [1.54, 1.807) is 14.0 Å². The van der Waals surface area contributed by atoms with Gasteiger partial charge < -0.3 is 10.5 Å². The van der Waals surface area contributed by atoms with Crippen molar-refractivity contribution >= 4 is 27.5 Å². The first-order chi connectivity index (χ1) is 6.13. The smallest absolute Gasteiger partial charge is 0.121 e. The summed E-state index contributed by atoms with van der Waals surface area (Å²) in [6.07, 6.45) is 0. The molecule has 4 heteroatoms. The summed E-state index contributed by atoms with van der Waals surface area (Å²) in [5.41, 5.74) is 6.25. The van der Waals surface area contributed by atoms with Crippen molar-refractivity contribution in [1.82, 2.24) is 0 Å². The summed E-state index contributed by atoms with van der Waals surface area (Å²) in [5, 5.41) is 0. The van der Waals surface area contributed by atoms with E-state index in [0.29, 0.717) is 5.84 Å². The molecule has 0 radical (unpaired) electrons. The SMILES string of the molecule is COc1ccc(Br)c(N=C(C)N)c1. The Morgan fingerprint density at radius 1 is 1.54 bits per heavy atom. The third-order valence-electron chi connectivity index (χ3n) is 1.45. The minimum Gasteiger partial charge on any atom is -0.497 e. The Morgan fingerprint density at radius 2 is 2.23 bits per heavy atom. The maximum absolute atomic E-state index is 5.47. The van der Waals surface area contributed by atoms with Crippen LogP contribution in [0.4, 0.5) is 5.69 Å². The summed E-state index contributed by atoms with van der Waals surface area (Å²) >= 11 is 3.37. The van der Waals surface area contributed by atoms with Crippen LogP contribution >= 0.6 is 15.9 Å². The second-order valence-corrected chi connectivity index (χ2v) is 3.42. The minimum absolute atomic E-state index is 0.522. The van der Waals surface area contributed by atoms with Crippen molar-refractivity contribution in [1.29, 1.82) is 0 Å². The summed E-state index contributed by atoms with van der Waals surface area (Å²) in [6, 6.07) is 5.55. The molecule has 1 rings (SSSR count). The quantitative estimate of drug-likeness (QED) is 0.640. The minimum atomic E-state index is 0.522. The van der Waals surface area contributed by atoms with Crippen LogP contribution in [-0.4, -0.2) is 12.9 Å². The fourth-order valence-electron chi connectivity index (χ4n) is 0.895. The largest absolute Gasteiger partial charge is 0.497 e. The maximum atomic E-state index is 5.47. The van der Waals surface area contributed by atoms with Gasteiger partial charge in [-0.1, -0.05) is 0 Å². The molecule has 70 valence electrons. The van der Waals surface area contributed by atoms with Crippen molar-refractivity contribution in [2.24, 2.45) is 10.7 Å². The molecular weight excluding hydrogens is 232 g/mol. The number of halogens is 1. The lowest BCUT2D eigenvalue weighted by atomic mass is 10.3. The van der Waals surface area contributed by atoms with E-state index in [4.69, 9.17) is 10.5 Å². The maximum Gasteiger partial charge on any atom is 0.121 e. The molecule has 0 amide bonds. The summed E-state index contributed by atoms with van der Waals surface area (Å²) in [5.74, 6) is 1.29. The Kier molecular flexibility index (Phi) is 3.31. The van der Waals surface area contributed by atoms with E-state index < -0.39 is 0 Å². The molecule has 0 unspecified atom stereocenters. The van der Waals surface area contributed by atoms with Gasteiger partial charge in [-0.2, -0.15) is 0 Å². The monoisotopic (exact) mass is 242 g/mol. The molecule has 2 N–H and O–H groups in total. The molecule has 0 aliphatic carbocycles. The molecule has 0 bridgehead atoms. The zero-order valence-corrected chi connectivity index (χ0v) is 9.13. The van der Waals surface area contributed by atoms with Crippen LogP contribution in [0.3, 0.4) is 0 Å². The summed E-state index contributed by atoms with van der Waals surface area (Å²) < 4.78 is 5.96.